The van der Waals surface area contributed by atoms with E-state index in [4.69, 9.17) is 0 Å². The lowest BCUT2D eigenvalue weighted by Gasteiger charge is -2.16. The lowest BCUT2D eigenvalue weighted by atomic mass is 10.3. The third-order valence-corrected chi connectivity index (χ3v) is 2.47. The summed E-state index contributed by atoms with van der Waals surface area (Å²) in [5.74, 6) is -5.02. The van der Waals surface area contributed by atoms with Gasteiger partial charge in [-0.3, -0.25) is 0 Å². The Hall–Kier alpha value is -0.660. The van der Waals surface area contributed by atoms with Crippen molar-refractivity contribution in [3.05, 3.63) is 11.6 Å². The molecule has 8 heteroatoms. The molecule has 0 bridgehead atoms. The zero-order chi connectivity index (χ0) is 12.3. The Labute approximate surface area is 98.0 Å². The summed E-state index contributed by atoms with van der Waals surface area (Å²) >= 11 is 3.04. The van der Waals surface area contributed by atoms with Gasteiger partial charge >= 0.3 is 12.3 Å². The van der Waals surface area contributed by atoms with Crippen LogP contribution >= 0.6 is 15.9 Å². The third kappa shape index (κ3) is 2.36. The van der Waals surface area contributed by atoms with E-state index in [0.29, 0.717) is 6.42 Å². The zero-order valence-corrected chi connectivity index (χ0v) is 10.0. The number of rotatable bonds is 5. The third-order valence-electron chi connectivity index (χ3n) is 1.97. The smallest absolute Gasteiger partial charge is 0.309 e. The lowest BCUT2D eigenvalue weighted by Crippen LogP contribution is -2.28. The van der Waals surface area contributed by atoms with E-state index in [0.717, 1.165) is 4.57 Å². The molecule has 3 nitrogen and oxygen atoms in total. The number of halogens is 5. The Balaban J connectivity index is 3.17. The number of alkyl halides is 5. The minimum absolute atomic E-state index is 0.186. The van der Waals surface area contributed by atoms with Crippen LogP contribution in [0.25, 0.3) is 0 Å². The second-order valence-corrected chi connectivity index (χ2v) is 3.71. The van der Waals surface area contributed by atoms with Gasteiger partial charge in [0.15, 0.2) is 0 Å². The van der Waals surface area contributed by atoms with Crippen molar-refractivity contribution in [1.29, 1.82) is 0 Å². The summed E-state index contributed by atoms with van der Waals surface area (Å²) in [5, 5.41) is 6.80. The Morgan fingerprint density at radius 2 is 2.00 bits per heavy atom. The molecule has 1 aromatic heterocycles. The first-order chi connectivity index (χ1) is 7.45. The molecule has 0 N–H and O–H groups in total. The van der Waals surface area contributed by atoms with Gasteiger partial charge in [0.25, 0.3) is 0 Å². The van der Waals surface area contributed by atoms with Crippen LogP contribution in [0.2, 0.25) is 0 Å². The molecule has 0 atom stereocenters. The molecule has 0 fully saturated rings. The van der Waals surface area contributed by atoms with Gasteiger partial charge in [-0.2, -0.15) is 8.78 Å². The molecule has 0 aliphatic heterocycles. The average Bonchev–Trinajstić information content (AvgIpc) is 2.61. The van der Waals surface area contributed by atoms with Crippen LogP contribution in [0.1, 0.15) is 25.0 Å². The van der Waals surface area contributed by atoms with Gasteiger partial charge in [-0.1, -0.05) is 22.9 Å². The van der Waals surface area contributed by atoms with Gasteiger partial charge in [0.05, 0.1) is 5.33 Å². The van der Waals surface area contributed by atoms with Gasteiger partial charge in [-0.25, -0.2) is 8.78 Å². The van der Waals surface area contributed by atoms with Crippen molar-refractivity contribution in [1.82, 2.24) is 14.8 Å². The molecule has 0 spiro atoms. The Kier molecular flexibility index (Phi) is 4.28. The predicted molar refractivity (Wildman–Crippen MR) is 52.8 cm³/mol. The molecule has 0 radical (unpaired) electrons. The van der Waals surface area contributed by atoms with E-state index in [1.165, 1.54) is 0 Å². The van der Waals surface area contributed by atoms with Crippen molar-refractivity contribution >= 4 is 15.9 Å². The van der Waals surface area contributed by atoms with Crippen LogP contribution in [0.15, 0.2) is 0 Å². The molecule has 0 unspecified atom stereocenters. The summed E-state index contributed by atoms with van der Waals surface area (Å²) in [5.41, 5.74) is 0. The number of hydrogen-bond donors (Lipinski definition) is 0. The van der Waals surface area contributed by atoms with E-state index in [2.05, 4.69) is 26.1 Å². The van der Waals surface area contributed by atoms with Crippen LogP contribution in [0.3, 0.4) is 0 Å². The lowest BCUT2D eigenvalue weighted by molar-refractivity contribution is -0.143. The van der Waals surface area contributed by atoms with Crippen molar-refractivity contribution in [3.63, 3.8) is 0 Å². The molecule has 1 aromatic rings. The first kappa shape index (κ1) is 13.4. The highest BCUT2D eigenvalue weighted by atomic mass is 79.9. The standard InChI is InChI=1S/C8H10BrF4N3/c1-2-3-16-5(4-9)14-15-7(16)8(12,13)6(10)11/h6H,2-4H2,1H3. The van der Waals surface area contributed by atoms with Gasteiger partial charge in [0.1, 0.15) is 5.82 Å². The molecule has 0 aliphatic rings. The molecular formula is C8H10BrF4N3. The summed E-state index contributed by atoms with van der Waals surface area (Å²) in [6, 6.07) is 0. The predicted octanol–water partition coefficient (Wildman–Crippen LogP) is 2.94. The normalized spacial score (nSPS) is 12.4. The summed E-state index contributed by atoms with van der Waals surface area (Å²) in [7, 11) is 0. The van der Waals surface area contributed by atoms with Gasteiger partial charge < -0.3 is 4.57 Å². The maximum absolute atomic E-state index is 13.1. The summed E-state index contributed by atoms with van der Waals surface area (Å²) < 4.78 is 51.7. The van der Waals surface area contributed by atoms with Crippen LogP contribution in [-0.2, 0) is 17.8 Å². The second kappa shape index (κ2) is 5.11. The van der Waals surface area contributed by atoms with Crippen LogP contribution in [0.4, 0.5) is 17.6 Å². The maximum Gasteiger partial charge on any atom is 0.365 e. The van der Waals surface area contributed by atoms with E-state index >= 15 is 0 Å². The van der Waals surface area contributed by atoms with E-state index in [-0.39, 0.29) is 17.7 Å². The fourth-order valence-electron chi connectivity index (χ4n) is 1.24. The largest absolute Gasteiger partial charge is 0.365 e. The fraction of sp³-hybridized carbons (Fsp3) is 0.750. The fourth-order valence-corrected chi connectivity index (χ4v) is 1.65. The van der Waals surface area contributed by atoms with E-state index in [1.54, 1.807) is 6.92 Å². The van der Waals surface area contributed by atoms with Crippen LogP contribution in [0, 0.1) is 0 Å². The molecule has 16 heavy (non-hydrogen) atoms. The number of hydrogen-bond acceptors (Lipinski definition) is 2. The average molecular weight is 304 g/mol. The highest BCUT2D eigenvalue weighted by Crippen LogP contribution is 2.33. The second-order valence-electron chi connectivity index (χ2n) is 3.15. The Morgan fingerprint density at radius 1 is 1.38 bits per heavy atom. The van der Waals surface area contributed by atoms with Gasteiger partial charge in [-0.15, -0.1) is 10.2 Å². The highest BCUT2D eigenvalue weighted by molar-refractivity contribution is 9.08. The quantitative estimate of drug-likeness (QED) is 0.618. The van der Waals surface area contributed by atoms with Crippen molar-refractivity contribution in [2.24, 2.45) is 0 Å². The molecule has 1 rings (SSSR count). The summed E-state index contributed by atoms with van der Waals surface area (Å²) in [6.45, 7) is 1.94. The van der Waals surface area contributed by atoms with E-state index in [1.807, 2.05) is 0 Å². The summed E-state index contributed by atoms with van der Waals surface area (Å²) in [4.78, 5) is 0. The van der Waals surface area contributed by atoms with Gasteiger partial charge in [0, 0.05) is 6.54 Å². The van der Waals surface area contributed by atoms with Gasteiger partial charge in [0.2, 0.25) is 5.82 Å². The van der Waals surface area contributed by atoms with Crippen molar-refractivity contribution in [3.8, 4) is 0 Å². The Bertz CT molecular complexity index is 353. The summed E-state index contributed by atoms with van der Waals surface area (Å²) in [6.07, 6.45) is -3.25. The van der Waals surface area contributed by atoms with Crippen molar-refractivity contribution in [2.75, 3.05) is 0 Å². The van der Waals surface area contributed by atoms with E-state index in [9.17, 15) is 17.6 Å². The Morgan fingerprint density at radius 3 is 2.44 bits per heavy atom. The highest BCUT2D eigenvalue weighted by Gasteiger charge is 2.47. The SMILES string of the molecule is CCCn1c(CBr)nnc1C(F)(F)C(F)F. The zero-order valence-electron chi connectivity index (χ0n) is 8.43. The molecule has 0 aliphatic carbocycles. The van der Waals surface area contributed by atoms with Crippen LogP contribution < -0.4 is 0 Å². The minimum Gasteiger partial charge on any atom is -0.309 e. The van der Waals surface area contributed by atoms with Gasteiger partial charge in [-0.05, 0) is 6.42 Å². The van der Waals surface area contributed by atoms with Crippen LogP contribution in [-0.4, -0.2) is 21.2 Å². The molecule has 1 heterocycles. The van der Waals surface area contributed by atoms with Crippen molar-refractivity contribution in [2.45, 2.75) is 37.6 Å². The van der Waals surface area contributed by atoms with Crippen LogP contribution in [0.5, 0.6) is 0 Å². The molecule has 0 amide bonds. The molecule has 92 valence electrons. The number of nitrogens with zero attached hydrogens (tertiary/aromatic N) is 3. The maximum atomic E-state index is 13.1. The first-order valence-corrected chi connectivity index (χ1v) is 5.71. The molecule has 0 saturated heterocycles. The monoisotopic (exact) mass is 303 g/mol. The topological polar surface area (TPSA) is 30.7 Å². The molecular weight excluding hydrogens is 294 g/mol. The number of aromatic nitrogens is 3. The van der Waals surface area contributed by atoms with E-state index < -0.39 is 18.2 Å². The molecule has 0 aromatic carbocycles. The van der Waals surface area contributed by atoms with Crippen molar-refractivity contribution < 1.29 is 17.6 Å². The molecule has 0 saturated carbocycles. The minimum atomic E-state index is -4.26. The first-order valence-electron chi connectivity index (χ1n) is 4.59.